The number of ketones is 1. The first kappa shape index (κ1) is 20.6. The van der Waals surface area contributed by atoms with Crippen LogP contribution in [-0.4, -0.2) is 38.7 Å². The van der Waals surface area contributed by atoms with Gasteiger partial charge in [0, 0.05) is 35.5 Å². The lowest BCUT2D eigenvalue weighted by Gasteiger charge is -2.34. The first-order valence-electron chi connectivity index (χ1n) is 11.1. The zero-order valence-corrected chi connectivity index (χ0v) is 19.3. The Balaban J connectivity index is 1.32. The fourth-order valence-corrected chi connectivity index (χ4v) is 6.38. The molecule has 162 valence electrons. The number of aromatic nitrogens is 3. The summed E-state index contributed by atoms with van der Waals surface area (Å²) in [5.41, 5.74) is 3.78. The Morgan fingerprint density at radius 3 is 2.61 bits per heavy atom. The van der Waals surface area contributed by atoms with E-state index in [0.717, 1.165) is 42.9 Å². The largest absolute Gasteiger partial charge is 0.312 e. The summed E-state index contributed by atoms with van der Waals surface area (Å²) in [6.07, 6.45) is 3.76. The van der Waals surface area contributed by atoms with Crippen LogP contribution in [-0.2, 0) is 10.2 Å². The Hall–Kier alpha value is -2.28. The van der Waals surface area contributed by atoms with Crippen molar-refractivity contribution in [1.82, 2.24) is 15.2 Å². The van der Waals surface area contributed by atoms with E-state index in [1.165, 1.54) is 11.8 Å². The van der Waals surface area contributed by atoms with Crippen LogP contribution in [0, 0.1) is 5.41 Å². The molecule has 2 aliphatic carbocycles. The second kappa shape index (κ2) is 7.12. The summed E-state index contributed by atoms with van der Waals surface area (Å²) >= 11 is 1.37. The normalized spacial score (nSPS) is 26.9. The van der Waals surface area contributed by atoms with E-state index in [1.807, 2.05) is 31.2 Å². The number of anilines is 1. The number of rotatable bonds is 5. The Bertz CT molecular complexity index is 1070. The van der Waals surface area contributed by atoms with Crippen LogP contribution in [0.2, 0.25) is 0 Å². The predicted molar refractivity (Wildman–Crippen MR) is 121 cm³/mol. The molecule has 0 radical (unpaired) electrons. The highest BCUT2D eigenvalue weighted by atomic mass is 32.2. The maximum absolute atomic E-state index is 13.0. The lowest BCUT2D eigenvalue weighted by atomic mass is 9.70. The highest BCUT2D eigenvalue weighted by Crippen LogP contribution is 2.66. The van der Waals surface area contributed by atoms with Crippen molar-refractivity contribution in [1.29, 1.82) is 0 Å². The van der Waals surface area contributed by atoms with Gasteiger partial charge in [0.15, 0.2) is 5.78 Å². The Morgan fingerprint density at radius 1 is 1.19 bits per heavy atom. The highest BCUT2D eigenvalue weighted by Gasteiger charge is 2.61. The minimum absolute atomic E-state index is 0.0222. The Morgan fingerprint density at radius 2 is 1.94 bits per heavy atom. The fraction of sp³-hybridized carbons (Fsp3) is 0.542. The molecule has 1 aliphatic heterocycles. The molecule has 5 rings (SSSR count). The zero-order valence-electron chi connectivity index (χ0n) is 18.5. The molecule has 1 aromatic carbocycles. The average Bonchev–Trinajstić information content (AvgIpc) is 3.33. The number of amides is 1. The molecule has 2 fully saturated rings. The molecule has 1 saturated heterocycles. The molecular formula is C24H28N4O2S. The van der Waals surface area contributed by atoms with E-state index in [1.54, 1.807) is 4.90 Å². The van der Waals surface area contributed by atoms with Gasteiger partial charge in [-0.1, -0.05) is 32.5 Å². The third-order valence-corrected chi connectivity index (χ3v) is 8.91. The van der Waals surface area contributed by atoms with Crippen molar-refractivity contribution < 1.29 is 9.59 Å². The number of hydrogen-bond donors (Lipinski definition) is 0. The molecule has 3 atom stereocenters. The van der Waals surface area contributed by atoms with Crippen LogP contribution < -0.4 is 4.90 Å². The van der Waals surface area contributed by atoms with E-state index >= 15 is 0 Å². The molecule has 2 aromatic rings. The summed E-state index contributed by atoms with van der Waals surface area (Å²) in [6, 6.07) is 7.34. The van der Waals surface area contributed by atoms with Crippen molar-refractivity contribution in [2.24, 2.45) is 5.41 Å². The molecule has 0 spiro atoms. The summed E-state index contributed by atoms with van der Waals surface area (Å²) in [5.74, 6) is 0.600. The van der Waals surface area contributed by atoms with Gasteiger partial charge in [-0.05, 0) is 55.9 Å². The summed E-state index contributed by atoms with van der Waals surface area (Å²) < 4.78 is 0. The third kappa shape index (κ3) is 3.04. The van der Waals surface area contributed by atoms with Crippen molar-refractivity contribution in [2.45, 2.75) is 75.1 Å². The number of carbonyl (C=O) groups excluding carboxylic acids is 2. The summed E-state index contributed by atoms with van der Waals surface area (Å²) in [7, 11) is 0. The maximum atomic E-state index is 13.0. The lowest BCUT2D eigenvalue weighted by molar-refractivity contribution is -0.117. The van der Waals surface area contributed by atoms with E-state index in [9.17, 15) is 9.59 Å². The summed E-state index contributed by atoms with van der Waals surface area (Å²) in [6.45, 7) is 9.55. The van der Waals surface area contributed by atoms with Crippen LogP contribution in [0.3, 0.4) is 0 Å². The van der Waals surface area contributed by atoms with Crippen molar-refractivity contribution in [3.05, 3.63) is 41.2 Å². The van der Waals surface area contributed by atoms with Crippen LogP contribution in [0.4, 0.5) is 5.69 Å². The first-order valence-corrected chi connectivity index (χ1v) is 12.0. The third-order valence-electron chi connectivity index (χ3n) is 7.96. The SMILES string of the molecule is C[C@H](Sc1nnc2c(n1)[C@]1(C)CC[C@@H]2C1(C)C)C(=O)c1ccc(N2CCCC2=O)cc1. The van der Waals surface area contributed by atoms with Crippen LogP contribution in [0.5, 0.6) is 0 Å². The monoisotopic (exact) mass is 436 g/mol. The van der Waals surface area contributed by atoms with E-state index in [2.05, 4.69) is 31.0 Å². The molecule has 6 nitrogen and oxygen atoms in total. The van der Waals surface area contributed by atoms with Gasteiger partial charge in [-0.2, -0.15) is 5.10 Å². The molecule has 2 heterocycles. The van der Waals surface area contributed by atoms with Gasteiger partial charge in [0.05, 0.1) is 16.6 Å². The number of thioether (sulfide) groups is 1. The molecule has 7 heteroatoms. The second-order valence-corrected chi connectivity index (χ2v) is 11.1. The van der Waals surface area contributed by atoms with Crippen molar-refractivity contribution >= 4 is 29.1 Å². The predicted octanol–water partition coefficient (Wildman–Crippen LogP) is 4.54. The van der Waals surface area contributed by atoms with Gasteiger partial charge in [-0.15, -0.1) is 5.10 Å². The number of fused-ring (bicyclic) bond motifs is 5. The molecule has 3 aliphatic rings. The van der Waals surface area contributed by atoms with Crippen molar-refractivity contribution in [2.75, 3.05) is 11.4 Å². The van der Waals surface area contributed by atoms with Crippen LogP contribution in [0.1, 0.15) is 81.0 Å². The van der Waals surface area contributed by atoms with Gasteiger partial charge in [-0.25, -0.2) is 4.98 Å². The number of Topliss-reactive ketones (excluding diaryl/α,β-unsaturated/α-hetero) is 1. The van der Waals surface area contributed by atoms with Gasteiger partial charge in [0.1, 0.15) is 0 Å². The van der Waals surface area contributed by atoms with Gasteiger partial charge < -0.3 is 4.90 Å². The molecule has 1 amide bonds. The van der Waals surface area contributed by atoms with Crippen LogP contribution in [0.15, 0.2) is 29.4 Å². The van der Waals surface area contributed by atoms with Gasteiger partial charge in [0.25, 0.3) is 0 Å². The molecule has 1 aromatic heterocycles. The first-order chi connectivity index (χ1) is 14.7. The van der Waals surface area contributed by atoms with Gasteiger partial charge >= 0.3 is 0 Å². The molecule has 0 unspecified atom stereocenters. The molecule has 31 heavy (non-hydrogen) atoms. The number of benzene rings is 1. The smallest absolute Gasteiger partial charge is 0.227 e. The van der Waals surface area contributed by atoms with E-state index in [-0.39, 0.29) is 27.8 Å². The van der Waals surface area contributed by atoms with E-state index in [0.29, 0.717) is 23.1 Å². The van der Waals surface area contributed by atoms with Gasteiger partial charge in [0.2, 0.25) is 11.1 Å². The topological polar surface area (TPSA) is 76.1 Å². The maximum Gasteiger partial charge on any atom is 0.227 e. The number of hydrogen-bond acceptors (Lipinski definition) is 6. The average molecular weight is 437 g/mol. The fourth-order valence-electron chi connectivity index (χ4n) is 5.59. The molecule has 1 saturated carbocycles. The second-order valence-electron chi connectivity index (χ2n) is 9.79. The van der Waals surface area contributed by atoms with Crippen LogP contribution in [0.25, 0.3) is 0 Å². The molecular weight excluding hydrogens is 408 g/mol. The summed E-state index contributed by atoms with van der Waals surface area (Å²) in [5, 5.41) is 9.16. The quantitative estimate of drug-likeness (QED) is 0.506. The highest BCUT2D eigenvalue weighted by molar-refractivity contribution is 8.00. The van der Waals surface area contributed by atoms with E-state index < -0.39 is 0 Å². The number of nitrogens with zero attached hydrogens (tertiary/aromatic N) is 4. The molecule has 0 N–H and O–H groups in total. The summed E-state index contributed by atoms with van der Waals surface area (Å²) in [4.78, 5) is 31.6. The molecule has 2 bridgehead atoms. The minimum Gasteiger partial charge on any atom is -0.312 e. The van der Waals surface area contributed by atoms with Gasteiger partial charge in [-0.3, -0.25) is 9.59 Å². The van der Waals surface area contributed by atoms with Crippen LogP contribution >= 0.6 is 11.8 Å². The zero-order chi connectivity index (χ0) is 22.0. The Labute approximate surface area is 187 Å². The standard InChI is InChI=1S/C24H28N4O2S/c1-14(20(30)15-7-9-16(10-8-15)28-13-5-6-18(28)29)31-22-25-21-19(26-27-22)17-11-12-24(21,4)23(17,2)3/h7-10,14,17H,5-6,11-13H2,1-4H3/t14-,17-,24-/m0/s1. The van der Waals surface area contributed by atoms with Crippen molar-refractivity contribution in [3.8, 4) is 0 Å². The lowest BCUT2D eigenvalue weighted by Crippen LogP contribution is -2.32. The minimum atomic E-state index is -0.321. The Kier molecular flexibility index (Phi) is 4.73. The van der Waals surface area contributed by atoms with Crippen molar-refractivity contribution in [3.63, 3.8) is 0 Å². The number of carbonyl (C=O) groups is 2. The van der Waals surface area contributed by atoms with E-state index in [4.69, 9.17) is 4.98 Å².